The third kappa shape index (κ3) is 3.30. The minimum Gasteiger partial charge on any atom is -0.493 e. The smallest absolute Gasteiger partial charge is 0.241 e. The second-order valence-corrected chi connectivity index (χ2v) is 8.72. The van der Waals surface area contributed by atoms with Gasteiger partial charge in [0.2, 0.25) is 5.91 Å². The zero-order chi connectivity index (χ0) is 20.8. The number of rotatable bonds is 3. The second kappa shape index (κ2) is 7.61. The first-order chi connectivity index (χ1) is 13.9. The zero-order valence-electron chi connectivity index (χ0n) is 15.9. The summed E-state index contributed by atoms with van der Waals surface area (Å²) in [7, 11) is 0. The van der Waals surface area contributed by atoms with Gasteiger partial charge in [-0.1, -0.05) is 36.7 Å². The highest BCUT2D eigenvalue weighted by Crippen LogP contribution is 2.58. The van der Waals surface area contributed by atoms with Gasteiger partial charge in [-0.25, -0.2) is 13.8 Å². The van der Waals surface area contributed by atoms with Crippen LogP contribution in [0.1, 0.15) is 37.8 Å². The summed E-state index contributed by atoms with van der Waals surface area (Å²) < 4.78 is 34.0. The van der Waals surface area contributed by atoms with E-state index in [-0.39, 0.29) is 11.8 Å². The molecular formula is C21H19ClF2N2O2S. The van der Waals surface area contributed by atoms with Gasteiger partial charge in [0.05, 0.1) is 11.6 Å². The van der Waals surface area contributed by atoms with Gasteiger partial charge in [0, 0.05) is 24.0 Å². The van der Waals surface area contributed by atoms with Gasteiger partial charge in [-0.15, -0.1) is 0 Å². The minimum atomic E-state index is -0.984. The first-order valence-electron chi connectivity index (χ1n) is 9.33. The van der Waals surface area contributed by atoms with Crippen molar-refractivity contribution in [1.82, 2.24) is 5.01 Å². The van der Waals surface area contributed by atoms with E-state index in [4.69, 9.17) is 16.3 Å². The Hall–Kier alpha value is -2.12. The van der Waals surface area contributed by atoms with Crippen LogP contribution in [0.5, 0.6) is 5.75 Å². The highest BCUT2D eigenvalue weighted by Gasteiger charge is 2.56. The Morgan fingerprint density at radius 3 is 2.76 bits per heavy atom. The van der Waals surface area contributed by atoms with Gasteiger partial charge in [0.15, 0.2) is 4.87 Å². The van der Waals surface area contributed by atoms with E-state index in [0.717, 1.165) is 12.8 Å². The van der Waals surface area contributed by atoms with Crippen molar-refractivity contribution in [3.05, 3.63) is 64.2 Å². The lowest BCUT2D eigenvalue weighted by Gasteiger charge is -2.45. The van der Waals surface area contributed by atoms with Crippen LogP contribution >= 0.6 is 23.4 Å². The second-order valence-electron chi connectivity index (χ2n) is 7.10. The maximum absolute atomic E-state index is 14.2. The molecular weight excluding hydrogens is 418 g/mol. The Morgan fingerprint density at radius 1 is 1.31 bits per heavy atom. The van der Waals surface area contributed by atoms with Crippen LogP contribution in [0.2, 0.25) is 5.02 Å². The van der Waals surface area contributed by atoms with Gasteiger partial charge in [0.25, 0.3) is 0 Å². The maximum Gasteiger partial charge on any atom is 0.241 e. The molecule has 152 valence electrons. The van der Waals surface area contributed by atoms with Crippen LogP contribution in [0, 0.1) is 17.6 Å². The van der Waals surface area contributed by atoms with Crippen LogP contribution in [-0.2, 0) is 9.67 Å². The van der Waals surface area contributed by atoms with Crippen LogP contribution in [0.15, 0.2) is 41.5 Å². The third-order valence-corrected chi connectivity index (χ3v) is 7.03. The normalized spacial score (nSPS) is 23.0. The predicted molar refractivity (Wildman–Crippen MR) is 110 cm³/mol. The standard InChI is InChI=1S/C21H19ClF2N2O2S/c1-3-4-13-11-28-19-8-6-15(24)10-17(19)21(13)26(12(2)27)25-20(29-21)16-9-14(23)5-7-18(16)22/h5-10,13H,3-4,11H2,1-2H3. The fourth-order valence-electron chi connectivity index (χ4n) is 3.93. The van der Waals surface area contributed by atoms with Crippen molar-refractivity contribution in [1.29, 1.82) is 0 Å². The number of hydrogen-bond donors (Lipinski definition) is 0. The van der Waals surface area contributed by atoms with E-state index in [1.807, 2.05) is 6.92 Å². The molecule has 1 amide bonds. The molecule has 2 unspecified atom stereocenters. The number of nitrogens with zero attached hydrogens (tertiary/aromatic N) is 2. The lowest BCUT2D eigenvalue weighted by Crippen LogP contribution is -2.50. The minimum absolute atomic E-state index is 0.135. The predicted octanol–water partition coefficient (Wildman–Crippen LogP) is 5.54. The van der Waals surface area contributed by atoms with E-state index in [0.29, 0.717) is 33.5 Å². The molecule has 0 aromatic heterocycles. The molecule has 1 spiro atoms. The number of ether oxygens (including phenoxy) is 1. The van der Waals surface area contributed by atoms with Crippen molar-refractivity contribution in [3.63, 3.8) is 0 Å². The first kappa shape index (κ1) is 20.2. The number of amides is 1. The molecule has 0 saturated heterocycles. The van der Waals surface area contributed by atoms with E-state index in [1.54, 1.807) is 6.07 Å². The van der Waals surface area contributed by atoms with Crippen LogP contribution in [0.25, 0.3) is 0 Å². The number of fused-ring (bicyclic) bond motifs is 2. The average Bonchev–Trinajstić information content (AvgIpc) is 3.08. The number of hydrogen-bond acceptors (Lipinski definition) is 4. The number of benzene rings is 2. The quantitative estimate of drug-likeness (QED) is 0.634. The molecule has 2 aliphatic rings. The van der Waals surface area contributed by atoms with Gasteiger partial charge in [-0.05, 0) is 42.8 Å². The fourth-order valence-corrected chi connectivity index (χ4v) is 5.77. The summed E-state index contributed by atoms with van der Waals surface area (Å²) in [4.78, 5) is 11.7. The van der Waals surface area contributed by atoms with Gasteiger partial charge < -0.3 is 4.74 Å². The summed E-state index contributed by atoms with van der Waals surface area (Å²) >= 11 is 7.61. The van der Waals surface area contributed by atoms with Gasteiger partial charge >= 0.3 is 0 Å². The summed E-state index contributed by atoms with van der Waals surface area (Å²) in [6, 6.07) is 8.32. The van der Waals surface area contributed by atoms with Crippen LogP contribution in [0.4, 0.5) is 8.78 Å². The molecule has 2 aromatic rings. The van der Waals surface area contributed by atoms with Gasteiger partial charge in [-0.3, -0.25) is 4.79 Å². The molecule has 4 rings (SSSR count). The van der Waals surface area contributed by atoms with Crippen molar-refractivity contribution in [2.24, 2.45) is 11.0 Å². The number of carbonyl (C=O) groups is 1. The van der Waals surface area contributed by atoms with E-state index in [2.05, 4.69) is 5.10 Å². The molecule has 8 heteroatoms. The monoisotopic (exact) mass is 436 g/mol. The maximum atomic E-state index is 14.2. The number of thioether (sulfide) groups is 1. The molecule has 0 fully saturated rings. The van der Waals surface area contributed by atoms with Gasteiger partial charge in [-0.2, -0.15) is 5.10 Å². The number of carbonyl (C=O) groups excluding carboxylic acids is 1. The fraction of sp³-hybridized carbons (Fsp3) is 0.333. The van der Waals surface area contributed by atoms with Crippen LogP contribution < -0.4 is 4.74 Å². The molecule has 0 N–H and O–H groups in total. The summed E-state index contributed by atoms with van der Waals surface area (Å²) in [6.45, 7) is 3.82. The first-order valence-corrected chi connectivity index (χ1v) is 10.5. The van der Waals surface area contributed by atoms with E-state index < -0.39 is 16.5 Å². The molecule has 2 aromatic carbocycles. The van der Waals surface area contributed by atoms with Crippen molar-refractivity contribution < 1.29 is 18.3 Å². The third-order valence-electron chi connectivity index (χ3n) is 5.17. The Morgan fingerprint density at radius 2 is 2.03 bits per heavy atom. The SMILES string of the molecule is CCCC1COc2ccc(F)cc2C12SC(c1cc(F)ccc1Cl)=NN2C(C)=O. The molecule has 2 aliphatic heterocycles. The Bertz CT molecular complexity index is 1020. The lowest BCUT2D eigenvalue weighted by atomic mass is 9.86. The average molecular weight is 437 g/mol. The molecule has 0 saturated carbocycles. The topological polar surface area (TPSA) is 41.9 Å². The Kier molecular flexibility index (Phi) is 5.29. The van der Waals surface area contributed by atoms with Crippen molar-refractivity contribution in [2.45, 2.75) is 31.6 Å². The largest absolute Gasteiger partial charge is 0.493 e. The van der Waals surface area contributed by atoms with Crippen molar-refractivity contribution in [3.8, 4) is 5.75 Å². The molecule has 29 heavy (non-hydrogen) atoms. The van der Waals surface area contributed by atoms with Crippen LogP contribution in [0.3, 0.4) is 0 Å². The molecule has 2 atom stereocenters. The summed E-state index contributed by atoms with van der Waals surface area (Å²) in [5.74, 6) is -0.793. The Balaban J connectivity index is 1.91. The summed E-state index contributed by atoms with van der Waals surface area (Å²) in [5, 5.41) is 6.67. The zero-order valence-corrected chi connectivity index (χ0v) is 17.5. The lowest BCUT2D eigenvalue weighted by molar-refractivity contribution is -0.134. The Labute approximate surface area is 176 Å². The molecule has 0 aliphatic carbocycles. The summed E-state index contributed by atoms with van der Waals surface area (Å²) in [5.41, 5.74) is 0.952. The number of halogens is 3. The molecule has 4 nitrogen and oxygen atoms in total. The molecule has 0 radical (unpaired) electrons. The van der Waals surface area contributed by atoms with E-state index in [1.165, 1.54) is 54.0 Å². The van der Waals surface area contributed by atoms with Crippen molar-refractivity contribution in [2.75, 3.05) is 6.61 Å². The van der Waals surface area contributed by atoms with Crippen molar-refractivity contribution >= 4 is 34.3 Å². The highest BCUT2D eigenvalue weighted by atomic mass is 35.5. The van der Waals surface area contributed by atoms with E-state index in [9.17, 15) is 13.6 Å². The highest BCUT2D eigenvalue weighted by molar-refractivity contribution is 8.15. The van der Waals surface area contributed by atoms with Gasteiger partial charge in [0.1, 0.15) is 22.4 Å². The summed E-state index contributed by atoms with van der Waals surface area (Å²) in [6.07, 6.45) is 1.59. The molecule has 2 heterocycles. The number of hydrazone groups is 1. The van der Waals surface area contributed by atoms with Crippen LogP contribution in [-0.4, -0.2) is 22.6 Å². The molecule has 0 bridgehead atoms. The van der Waals surface area contributed by atoms with E-state index >= 15 is 0 Å².